The highest BCUT2D eigenvalue weighted by molar-refractivity contribution is 5.60. The van der Waals surface area contributed by atoms with E-state index in [1.165, 1.54) is 0 Å². The van der Waals surface area contributed by atoms with Gasteiger partial charge in [0.1, 0.15) is 11.8 Å². The van der Waals surface area contributed by atoms with Crippen molar-refractivity contribution < 1.29 is 4.74 Å². The van der Waals surface area contributed by atoms with E-state index in [-0.39, 0.29) is 6.04 Å². The molecule has 0 saturated carbocycles. The van der Waals surface area contributed by atoms with Crippen molar-refractivity contribution in [2.45, 2.75) is 12.5 Å². The Hall–Kier alpha value is -1.73. The van der Waals surface area contributed by atoms with Crippen molar-refractivity contribution in [3.63, 3.8) is 0 Å². The molecule has 72 valence electrons. The minimum atomic E-state index is -0.0335. The van der Waals surface area contributed by atoms with Crippen LogP contribution in [0.5, 0.6) is 5.75 Å². The van der Waals surface area contributed by atoms with Crippen molar-refractivity contribution in [1.29, 1.82) is 5.26 Å². The summed E-state index contributed by atoms with van der Waals surface area (Å²) in [4.78, 5) is 0. The first kappa shape index (κ1) is 8.85. The first-order valence-corrected chi connectivity index (χ1v) is 4.44. The van der Waals surface area contributed by atoms with Gasteiger partial charge in [0.25, 0.3) is 0 Å². The summed E-state index contributed by atoms with van der Waals surface area (Å²) < 4.78 is 5.40. The van der Waals surface area contributed by atoms with Gasteiger partial charge in [-0.1, -0.05) is 0 Å². The predicted molar refractivity (Wildman–Crippen MR) is 52.6 cm³/mol. The molecule has 4 heteroatoms. The van der Waals surface area contributed by atoms with Crippen LogP contribution < -0.4 is 16.2 Å². The van der Waals surface area contributed by atoms with E-state index in [0.717, 1.165) is 12.0 Å². The molecule has 0 fully saturated rings. The molecule has 0 unspecified atom stereocenters. The Morgan fingerprint density at radius 1 is 1.50 bits per heavy atom. The molecule has 1 aliphatic rings. The van der Waals surface area contributed by atoms with Gasteiger partial charge in [-0.15, -0.1) is 0 Å². The molecule has 1 aliphatic heterocycles. The van der Waals surface area contributed by atoms with Gasteiger partial charge in [-0.05, 0) is 6.07 Å². The lowest BCUT2D eigenvalue weighted by molar-refractivity contribution is 0.269. The monoisotopic (exact) mass is 189 g/mol. The maximum Gasteiger partial charge on any atom is 0.125 e. The molecule has 0 aliphatic carbocycles. The van der Waals surface area contributed by atoms with Crippen LogP contribution in [-0.4, -0.2) is 6.61 Å². The van der Waals surface area contributed by atoms with Crippen LogP contribution in [0.15, 0.2) is 12.1 Å². The van der Waals surface area contributed by atoms with Crippen molar-refractivity contribution in [3.05, 3.63) is 23.3 Å². The Morgan fingerprint density at radius 2 is 2.29 bits per heavy atom. The van der Waals surface area contributed by atoms with Crippen LogP contribution in [0.2, 0.25) is 0 Å². The Balaban J connectivity index is 2.55. The van der Waals surface area contributed by atoms with E-state index in [2.05, 4.69) is 0 Å². The summed E-state index contributed by atoms with van der Waals surface area (Å²) in [6.45, 7) is 0.600. The molecule has 1 heterocycles. The summed E-state index contributed by atoms with van der Waals surface area (Å²) in [6, 6.07) is 5.37. The molecule has 14 heavy (non-hydrogen) atoms. The minimum Gasteiger partial charge on any atom is -0.493 e. The lowest BCUT2D eigenvalue weighted by Crippen LogP contribution is -2.21. The molecule has 0 bridgehead atoms. The van der Waals surface area contributed by atoms with E-state index in [4.69, 9.17) is 21.5 Å². The van der Waals surface area contributed by atoms with Crippen molar-refractivity contribution in [1.82, 2.24) is 0 Å². The largest absolute Gasteiger partial charge is 0.493 e. The normalized spacial score (nSPS) is 19.3. The van der Waals surface area contributed by atoms with Gasteiger partial charge in [-0.2, -0.15) is 5.26 Å². The lowest BCUT2D eigenvalue weighted by Gasteiger charge is -2.23. The Labute approximate surface area is 82.1 Å². The van der Waals surface area contributed by atoms with Gasteiger partial charge >= 0.3 is 0 Å². The minimum absolute atomic E-state index is 0.0335. The zero-order chi connectivity index (χ0) is 10.1. The van der Waals surface area contributed by atoms with Crippen LogP contribution >= 0.6 is 0 Å². The van der Waals surface area contributed by atoms with Gasteiger partial charge in [0, 0.05) is 24.1 Å². The smallest absolute Gasteiger partial charge is 0.125 e. The van der Waals surface area contributed by atoms with Crippen LogP contribution in [0.4, 0.5) is 5.69 Å². The maximum atomic E-state index is 8.77. The fraction of sp³-hybridized carbons (Fsp3) is 0.300. The summed E-state index contributed by atoms with van der Waals surface area (Å²) in [5, 5.41) is 8.77. The van der Waals surface area contributed by atoms with Gasteiger partial charge in [0.15, 0.2) is 0 Å². The second kappa shape index (κ2) is 3.20. The van der Waals surface area contributed by atoms with Crippen LogP contribution in [0.3, 0.4) is 0 Å². The highest BCUT2D eigenvalue weighted by Crippen LogP contribution is 2.33. The average molecular weight is 189 g/mol. The van der Waals surface area contributed by atoms with Crippen LogP contribution in [0, 0.1) is 11.3 Å². The number of benzene rings is 1. The number of nitrogens with zero attached hydrogens (tertiary/aromatic N) is 1. The molecular weight excluding hydrogens is 178 g/mol. The summed E-state index contributed by atoms with van der Waals surface area (Å²) in [7, 11) is 0. The van der Waals surface area contributed by atoms with Gasteiger partial charge in [-0.25, -0.2) is 0 Å². The maximum absolute atomic E-state index is 8.77. The fourth-order valence-corrected chi connectivity index (χ4v) is 1.58. The quantitative estimate of drug-likeness (QED) is 0.594. The summed E-state index contributed by atoms with van der Waals surface area (Å²) in [5.41, 5.74) is 13.4. The van der Waals surface area contributed by atoms with Gasteiger partial charge in [0.05, 0.1) is 17.9 Å². The SMILES string of the molecule is N#Cc1cc2c(cc1N)[C@@H](N)CCO2. The zero-order valence-corrected chi connectivity index (χ0v) is 7.66. The third-order valence-electron chi connectivity index (χ3n) is 2.39. The van der Waals surface area contributed by atoms with E-state index < -0.39 is 0 Å². The van der Waals surface area contributed by atoms with Crippen molar-refractivity contribution in [2.75, 3.05) is 12.3 Å². The summed E-state index contributed by atoms with van der Waals surface area (Å²) in [6.07, 6.45) is 0.790. The Kier molecular flexibility index (Phi) is 2.02. The summed E-state index contributed by atoms with van der Waals surface area (Å²) >= 11 is 0. The third-order valence-corrected chi connectivity index (χ3v) is 2.39. The van der Waals surface area contributed by atoms with Crippen molar-refractivity contribution in [3.8, 4) is 11.8 Å². The second-order valence-corrected chi connectivity index (χ2v) is 3.33. The molecule has 0 amide bonds. The molecule has 1 aromatic carbocycles. The van der Waals surface area contributed by atoms with E-state index in [9.17, 15) is 0 Å². The molecule has 0 saturated heterocycles. The summed E-state index contributed by atoms with van der Waals surface area (Å²) in [5.74, 6) is 0.689. The Bertz CT molecular complexity index is 409. The van der Waals surface area contributed by atoms with Crippen molar-refractivity contribution in [2.24, 2.45) is 5.73 Å². The van der Waals surface area contributed by atoms with Crippen LogP contribution in [0.1, 0.15) is 23.6 Å². The first-order valence-electron chi connectivity index (χ1n) is 4.44. The standard InChI is InChI=1S/C10H11N3O/c11-5-6-3-10-7(4-9(6)13)8(12)1-2-14-10/h3-4,8H,1-2,12-13H2/t8-/m0/s1. The molecule has 4 nitrogen and oxygen atoms in total. The molecule has 1 atom stereocenters. The van der Waals surface area contributed by atoms with E-state index >= 15 is 0 Å². The molecule has 0 spiro atoms. The highest BCUT2D eigenvalue weighted by Gasteiger charge is 2.19. The number of ether oxygens (including phenoxy) is 1. The molecule has 0 aromatic heterocycles. The molecule has 2 rings (SSSR count). The lowest BCUT2D eigenvalue weighted by atomic mass is 9.99. The topological polar surface area (TPSA) is 85.1 Å². The predicted octanol–water partition coefficient (Wildman–Crippen LogP) is 0.923. The molecular formula is C10H11N3O. The highest BCUT2D eigenvalue weighted by atomic mass is 16.5. The van der Waals surface area contributed by atoms with E-state index in [1.807, 2.05) is 6.07 Å². The third kappa shape index (κ3) is 1.28. The molecule has 0 radical (unpaired) electrons. The fourth-order valence-electron chi connectivity index (χ4n) is 1.58. The number of nitrogen functional groups attached to an aromatic ring is 1. The Morgan fingerprint density at radius 3 is 3.00 bits per heavy atom. The second-order valence-electron chi connectivity index (χ2n) is 3.33. The molecule has 4 N–H and O–H groups in total. The first-order chi connectivity index (χ1) is 6.72. The number of nitrogens with two attached hydrogens (primary N) is 2. The van der Waals surface area contributed by atoms with Gasteiger partial charge in [0.2, 0.25) is 0 Å². The van der Waals surface area contributed by atoms with Crippen LogP contribution in [-0.2, 0) is 0 Å². The van der Waals surface area contributed by atoms with Crippen LogP contribution in [0.25, 0.3) is 0 Å². The molecule has 1 aromatic rings. The number of fused-ring (bicyclic) bond motifs is 1. The van der Waals surface area contributed by atoms with Crippen molar-refractivity contribution >= 4 is 5.69 Å². The van der Waals surface area contributed by atoms with Gasteiger partial charge < -0.3 is 16.2 Å². The number of nitriles is 1. The number of hydrogen-bond acceptors (Lipinski definition) is 4. The number of rotatable bonds is 0. The average Bonchev–Trinajstić information content (AvgIpc) is 2.19. The zero-order valence-electron chi connectivity index (χ0n) is 7.66. The van der Waals surface area contributed by atoms with Gasteiger partial charge in [-0.3, -0.25) is 0 Å². The number of hydrogen-bond donors (Lipinski definition) is 2. The number of anilines is 1. The van der Waals surface area contributed by atoms with E-state index in [0.29, 0.717) is 23.6 Å². The van der Waals surface area contributed by atoms with E-state index in [1.54, 1.807) is 12.1 Å².